The smallest absolute Gasteiger partial charge is 0.419 e. The van der Waals surface area contributed by atoms with Crippen molar-refractivity contribution in [3.05, 3.63) is 59.4 Å². The number of rotatable bonds is 3. The maximum atomic E-state index is 13.1. The average Bonchev–Trinajstić information content (AvgIpc) is 2.40. The summed E-state index contributed by atoms with van der Waals surface area (Å²) in [5.74, 6) is -1.08. The largest absolute Gasteiger partial charge is 0.457 e. The zero-order valence-electron chi connectivity index (χ0n) is 10.2. The van der Waals surface area contributed by atoms with Crippen LogP contribution < -0.4 is 10.5 Å². The lowest BCUT2D eigenvalue weighted by molar-refractivity contribution is -0.140. The fourth-order valence-electron chi connectivity index (χ4n) is 1.66. The molecule has 20 heavy (non-hydrogen) atoms. The molecule has 0 aliphatic rings. The zero-order valence-corrected chi connectivity index (χ0v) is 10.2. The van der Waals surface area contributed by atoms with E-state index in [2.05, 4.69) is 0 Å². The van der Waals surface area contributed by atoms with Crippen LogP contribution in [-0.4, -0.2) is 0 Å². The number of alkyl halides is 3. The van der Waals surface area contributed by atoms with Crippen LogP contribution in [0.25, 0.3) is 0 Å². The third kappa shape index (κ3) is 3.27. The summed E-state index contributed by atoms with van der Waals surface area (Å²) in [5.41, 5.74) is 4.88. The topological polar surface area (TPSA) is 35.2 Å². The van der Waals surface area contributed by atoms with Gasteiger partial charge in [0.25, 0.3) is 0 Å². The Hall–Kier alpha value is -2.08. The number of ether oxygens (including phenoxy) is 1. The van der Waals surface area contributed by atoms with Gasteiger partial charge in [-0.2, -0.15) is 13.2 Å². The van der Waals surface area contributed by atoms with Crippen molar-refractivity contribution < 1.29 is 22.3 Å². The molecule has 0 radical (unpaired) electrons. The fourth-order valence-corrected chi connectivity index (χ4v) is 1.66. The van der Waals surface area contributed by atoms with E-state index in [0.717, 1.165) is 17.7 Å². The quantitative estimate of drug-likeness (QED) is 0.862. The number of nitrogens with two attached hydrogens (primary N) is 1. The summed E-state index contributed by atoms with van der Waals surface area (Å²) in [6.07, 6.45) is -4.76. The second kappa shape index (κ2) is 5.50. The van der Waals surface area contributed by atoms with Crippen LogP contribution in [-0.2, 0) is 12.7 Å². The summed E-state index contributed by atoms with van der Waals surface area (Å²) in [5, 5.41) is 0. The number of hydrogen-bond acceptors (Lipinski definition) is 2. The lowest BCUT2D eigenvalue weighted by atomic mass is 10.2. The Morgan fingerprint density at radius 3 is 2.35 bits per heavy atom. The lowest BCUT2D eigenvalue weighted by Gasteiger charge is -2.11. The second-order valence-electron chi connectivity index (χ2n) is 4.09. The van der Waals surface area contributed by atoms with Gasteiger partial charge in [-0.1, -0.05) is 12.1 Å². The molecule has 0 saturated carbocycles. The van der Waals surface area contributed by atoms with E-state index >= 15 is 0 Å². The third-order valence-electron chi connectivity index (χ3n) is 2.61. The van der Waals surface area contributed by atoms with E-state index in [1.807, 2.05) is 0 Å². The van der Waals surface area contributed by atoms with Gasteiger partial charge in [0.15, 0.2) is 0 Å². The molecule has 0 bridgehead atoms. The summed E-state index contributed by atoms with van der Waals surface area (Å²) in [6, 6.07) is 9.12. The molecule has 0 aliphatic heterocycles. The van der Waals surface area contributed by atoms with E-state index in [1.54, 1.807) is 24.3 Å². The van der Waals surface area contributed by atoms with E-state index in [4.69, 9.17) is 10.5 Å². The molecule has 2 aromatic carbocycles. The molecule has 0 unspecified atom stereocenters. The molecule has 6 heteroatoms. The Morgan fingerprint density at radius 1 is 1.00 bits per heavy atom. The van der Waals surface area contributed by atoms with E-state index in [-0.39, 0.29) is 12.3 Å². The fraction of sp³-hybridized carbons (Fsp3) is 0.143. The van der Waals surface area contributed by atoms with Crippen molar-refractivity contribution >= 4 is 0 Å². The summed E-state index contributed by atoms with van der Waals surface area (Å²) < 4.78 is 56.1. The Balaban J connectivity index is 2.30. The number of halogens is 4. The molecule has 2 rings (SSSR count). The first-order valence-electron chi connectivity index (χ1n) is 5.74. The molecule has 2 N–H and O–H groups in total. The highest BCUT2D eigenvalue weighted by atomic mass is 19.4. The number of hydrogen-bond donors (Lipinski definition) is 1. The van der Waals surface area contributed by atoms with Crippen LogP contribution in [0.1, 0.15) is 11.1 Å². The molecule has 0 aromatic heterocycles. The van der Waals surface area contributed by atoms with Crippen molar-refractivity contribution in [2.75, 3.05) is 0 Å². The summed E-state index contributed by atoms with van der Waals surface area (Å²) >= 11 is 0. The lowest BCUT2D eigenvalue weighted by Crippen LogP contribution is -2.08. The van der Waals surface area contributed by atoms with E-state index < -0.39 is 17.6 Å². The first-order valence-corrected chi connectivity index (χ1v) is 5.74. The number of benzene rings is 2. The molecule has 0 spiro atoms. The van der Waals surface area contributed by atoms with Crippen molar-refractivity contribution in [2.24, 2.45) is 5.73 Å². The van der Waals surface area contributed by atoms with Crippen molar-refractivity contribution in [3.63, 3.8) is 0 Å². The van der Waals surface area contributed by atoms with Crippen molar-refractivity contribution in [1.82, 2.24) is 0 Å². The molecule has 106 valence electrons. The first kappa shape index (κ1) is 14.3. The summed E-state index contributed by atoms with van der Waals surface area (Å²) in [4.78, 5) is 0. The van der Waals surface area contributed by atoms with Gasteiger partial charge in [0.1, 0.15) is 17.3 Å². The van der Waals surface area contributed by atoms with Crippen LogP contribution in [0.3, 0.4) is 0 Å². The molecule has 2 nitrogen and oxygen atoms in total. The highest BCUT2D eigenvalue weighted by Gasteiger charge is 2.34. The molecule has 0 aliphatic carbocycles. The van der Waals surface area contributed by atoms with Crippen LogP contribution >= 0.6 is 0 Å². The van der Waals surface area contributed by atoms with Gasteiger partial charge >= 0.3 is 6.18 Å². The third-order valence-corrected chi connectivity index (χ3v) is 2.61. The van der Waals surface area contributed by atoms with Crippen LogP contribution in [0.4, 0.5) is 17.6 Å². The highest BCUT2D eigenvalue weighted by molar-refractivity contribution is 5.37. The van der Waals surface area contributed by atoms with E-state index in [9.17, 15) is 17.6 Å². The average molecular weight is 285 g/mol. The van der Waals surface area contributed by atoms with Gasteiger partial charge in [-0.15, -0.1) is 0 Å². The van der Waals surface area contributed by atoms with Crippen molar-refractivity contribution in [3.8, 4) is 11.5 Å². The SMILES string of the molecule is NCc1cccc(Oc2ccc(F)c(C(F)(F)F)c2)c1. The summed E-state index contributed by atoms with van der Waals surface area (Å²) in [7, 11) is 0. The molecule has 0 atom stereocenters. The minimum atomic E-state index is -4.76. The Labute approximate surface area is 112 Å². The van der Waals surface area contributed by atoms with Gasteiger partial charge in [0, 0.05) is 6.54 Å². The Morgan fingerprint density at radius 2 is 1.70 bits per heavy atom. The zero-order chi connectivity index (χ0) is 14.8. The van der Waals surface area contributed by atoms with Crippen LogP contribution in [0, 0.1) is 5.82 Å². The molecule has 0 amide bonds. The van der Waals surface area contributed by atoms with Gasteiger partial charge < -0.3 is 10.5 Å². The van der Waals surface area contributed by atoms with E-state index in [0.29, 0.717) is 11.8 Å². The molecule has 2 aromatic rings. The molecule has 0 saturated heterocycles. The van der Waals surface area contributed by atoms with Gasteiger partial charge in [-0.3, -0.25) is 0 Å². The van der Waals surface area contributed by atoms with E-state index in [1.165, 1.54) is 0 Å². The minimum absolute atomic E-state index is 0.0899. The van der Waals surface area contributed by atoms with Crippen molar-refractivity contribution in [2.45, 2.75) is 12.7 Å². The molecular weight excluding hydrogens is 274 g/mol. The Kier molecular flexibility index (Phi) is 3.94. The maximum Gasteiger partial charge on any atom is 0.419 e. The molecule has 0 fully saturated rings. The molecule has 0 heterocycles. The summed E-state index contributed by atoms with van der Waals surface area (Å²) in [6.45, 7) is 0.286. The highest BCUT2D eigenvalue weighted by Crippen LogP contribution is 2.34. The predicted octanol–water partition coefficient (Wildman–Crippen LogP) is 4.10. The van der Waals surface area contributed by atoms with Gasteiger partial charge in [-0.05, 0) is 35.9 Å². The van der Waals surface area contributed by atoms with Gasteiger partial charge in [0.05, 0.1) is 5.56 Å². The maximum absolute atomic E-state index is 13.1. The first-order chi connectivity index (χ1) is 9.40. The van der Waals surface area contributed by atoms with Crippen LogP contribution in [0.5, 0.6) is 11.5 Å². The normalized spacial score (nSPS) is 11.4. The van der Waals surface area contributed by atoms with Crippen molar-refractivity contribution in [1.29, 1.82) is 0 Å². The second-order valence-corrected chi connectivity index (χ2v) is 4.09. The van der Waals surface area contributed by atoms with Gasteiger partial charge in [-0.25, -0.2) is 4.39 Å². The Bertz CT molecular complexity index is 610. The van der Waals surface area contributed by atoms with Gasteiger partial charge in [0.2, 0.25) is 0 Å². The standard InChI is InChI=1S/C14H11F4NO/c15-13-5-4-11(7-12(13)14(16,17)18)20-10-3-1-2-9(6-10)8-19/h1-7H,8,19H2. The predicted molar refractivity (Wildman–Crippen MR) is 65.8 cm³/mol. The van der Waals surface area contributed by atoms with Crippen LogP contribution in [0.2, 0.25) is 0 Å². The van der Waals surface area contributed by atoms with Crippen LogP contribution in [0.15, 0.2) is 42.5 Å². The minimum Gasteiger partial charge on any atom is -0.457 e. The monoisotopic (exact) mass is 285 g/mol. The molecular formula is C14H11F4NO.